The van der Waals surface area contributed by atoms with Gasteiger partial charge in [0.05, 0.1) is 11.6 Å². The predicted molar refractivity (Wildman–Crippen MR) is 66.2 cm³/mol. The van der Waals surface area contributed by atoms with Gasteiger partial charge in [-0.1, -0.05) is 13.8 Å². The fourth-order valence-corrected chi connectivity index (χ4v) is 2.15. The highest BCUT2D eigenvalue weighted by Gasteiger charge is 2.41. The Hall–Kier alpha value is -0.770. The van der Waals surface area contributed by atoms with Crippen LogP contribution in [0.3, 0.4) is 0 Å². The van der Waals surface area contributed by atoms with Crippen LogP contribution >= 0.6 is 0 Å². The van der Waals surface area contributed by atoms with Crippen molar-refractivity contribution in [2.75, 3.05) is 20.1 Å². The van der Waals surface area contributed by atoms with Crippen LogP contribution in [-0.4, -0.2) is 47.5 Å². The molecule has 1 saturated heterocycles. The van der Waals surface area contributed by atoms with Gasteiger partial charge in [0.2, 0.25) is 0 Å². The largest absolute Gasteiger partial charge is 0.328 e. The zero-order valence-corrected chi connectivity index (χ0v) is 11.2. The van der Waals surface area contributed by atoms with Gasteiger partial charge in [0, 0.05) is 20.1 Å². The molecule has 0 aliphatic carbocycles. The molecule has 0 aromatic carbocycles. The van der Waals surface area contributed by atoms with Gasteiger partial charge in [-0.25, -0.2) is 4.79 Å². The molecule has 1 atom stereocenters. The fourth-order valence-electron chi connectivity index (χ4n) is 2.15. The summed E-state index contributed by atoms with van der Waals surface area (Å²) in [4.78, 5) is 15.9. The van der Waals surface area contributed by atoms with Crippen LogP contribution in [-0.2, 0) is 0 Å². The van der Waals surface area contributed by atoms with Crippen molar-refractivity contribution in [3.8, 4) is 0 Å². The standard InChI is InChI=1S/C12H25N3O/c1-9(2)6-10-7-15(11(16)14(10)5)12(3,4)8-13/h9-10H,6-8,13H2,1-5H3. The van der Waals surface area contributed by atoms with Crippen LogP contribution in [0.25, 0.3) is 0 Å². The van der Waals surface area contributed by atoms with Gasteiger partial charge in [-0.3, -0.25) is 0 Å². The first-order chi connectivity index (χ1) is 7.29. The van der Waals surface area contributed by atoms with Gasteiger partial charge < -0.3 is 15.5 Å². The van der Waals surface area contributed by atoms with E-state index in [0.29, 0.717) is 18.5 Å². The lowest BCUT2D eigenvalue weighted by Gasteiger charge is -2.33. The van der Waals surface area contributed by atoms with Gasteiger partial charge >= 0.3 is 6.03 Å². The summed E-state index contributed by atoms with van der Waals surface area (Å²) in [5.41, 5.74) is 5.49. The molecule has 1 heterocycles. The summed E-state index contributed by atoms with van der Waals surface area (Å²) in [5.74, 6) is 0.612. The van der Waals surface area contributed by atoms with E-state index >= 15 is 0 Å². The first-order valence-corrected chi connectivity index (χ1v) is 6.04. The van der Waals surface area contributed by atoms with Crippen molar-refractivity contribution >= 4 is 6.03 Å². The van der Waals surface area contributed by atoms with E-state index in [1.165, 1.54) is 0 Å². The Bertz CT molecular complexity index is 263. The number of hydrogen-bond donors (Lipinski definition) is 1. The molecule has 0 bridgehead atoms. The molecule has 4 nitrogen and oxygen atoms in total. The second-order valence-corrected chi connectivity index (χ2v) is 5.80. The first kappa shape index (κ1) is 13.3. The summed E-state index contributed by atoms with van der Waals surface area (Å²) >= 11 is 0. The minimum absolute atomic E-state index is 0.112. The lowest BCUT2D eigenvalue weighted by atomic mass is 10.0. The van der Waals surface area contributed by atoms with Crippen molar-refractivity contribution in [2.24, 2.45) is 11.7 Å². The molecule has 0 aromatic rings. The average molecular weight is 227 g/mol. The Balaban J connectivity index is 2.75. The molecule has 0 aromatic heterocycles. The lowest BCUT2D eigenvalue weighted by Crippen LogP contribution is -2.50. The SMILES string of the molecule is CC(C)CC1CN(C(C)(C)CN)C(=O)N1C. The van der Waals surface area contributed by atoms with E-state index in [2.05, 4.69) is 13.8 Å². The number of urea groups is 1. The highest BCUT2D eigenvalue weighted by atomic mass is 16.2. The maximum Gasteiger partial charge on any atom is 0.320 e. The van der Waals surface area contributed by atoms with Crippen molar-refractivity contribution in [1.29, 1.82) is 0 Å². The molecule has 4 heteroatoms. The van der Waals surface area contributed by atoms with Gasteiger partial charge in [-0.2, -0.15) is 0 Å². The topological polar surface area (TPSA) is 49.6 Å². The third-order valence-electron chi connectivity index (χ3n) is 3.45. The number of carbonyl (C=O) groups excluding carboxylic acids is 1. The summed E-state index contributed by atoms with van der Waals surface area (Å²) in [6.45, 7) is 9.73. The molecule has 0 spiro atoms. The van der Waals surface area contributed by atoms with Gasteiger partial charge in [0.1, 0.15) is 0 Å². The van der Waals surface area contributed by atoms with Crippen LogP contribution in [0.5, 0.6) is 0 Å². The Morgan fingerprint density at radius 1 is 1.50 bits per heavy atom. The van der Waals surface area contributed by atoms with Crippen molar-refractivity contribution in [3.05, 3.63) is 0 Å². The summed E-state index contributed by atoms with van der Waals surface area (Å²) in [6, 6.07) is 0.444. The molecule has 1 rings (SSSR count). The minimum atomic E-state index is -0.239. The van der Waals surface area contributed by atoms with Crippen molar-refractivity contribution in [3.63, 3.8) is 0 Å². The number of carbonyl (C=O) groups is 1. The van der Waals surface area contributed by atoms with E-state index in [0.717, 1.165) is 13.0 Å². The molecule has 2 N–H and O–H groups in total. The monoisotopic (exact) mass is 227 g/mol. The number of rotatable bonds is 4. The normalized spacial score (nSPS) is 22.4. The maximum atomic E-state index is 12.1. The molecule has 2 amide bonds. The third kappa shape index (κ3) is 2.48. The zero-order chi connectivity index (χ0) is 12.5. The van der Waals surface area contributed by atoms with E-state index in [1.54, 1.807) is 0 Å². The molecule has 0 saturated carbocycles. The summed E-state index contributed by atoms with van der Waals surface area (Å²) in [6.07, 6.45) is 1.05. The quantitative estimate of drug-likeness (QED) is 0.791. The molecule has 16 heavy (non-hydrogen) atoms. The molecule has 94 valence electrons. The van der Waals surface area contributed by atoms with Crippen LogP contribution in [0.1, 0.15) is 34.1 Å². The van der Waals surface area contributed by atoms with E-state index in [4.69, 9.17) is 5.73 Å². The van der Waals surface area contributed by atoms with Crippen LogP contribution < -0.4 is 5.73 Å². The highest BCUT2D eigenvalue weighted by molar-refractivity contribution is 5.77. The van der Waals surface area contributed by atoms with E-state index < -0.39 is 0 Å². The predicted octanol–water partition coefficient (Wildman–Crippen LogP) is 1.51. The number of nitrogens with zero attached hydrogens (tertiary/aromatic N) is 2. The first-order valence-electron chi connectivity index (χ1n) is 6.04. The Morgan fingerprint density at radius 3 is 2.50 bits per heavy atom. The van der Waals surface area contributed by atoms with E-state index in [9.17, 15) is 4.79 Å². The molecule has 0 radical (unpaired) electrons. The number of amides is 2. The molecular formula is C12H25N3O. The Kier molecular flexibility index (Phi) is 3.84. The highest BCUT2D eigenvalue weighted by Crippen LogP contribution is 2.26. The number of nitrogens with two attached hydrogens (primary N) is 1. The maximum absolute atomic E-state index is 12.1. The lowest BCUT2D eigenvalue weighted by molar-refractivity contribution is 0.154. The average Bonchev–Trinajstić information content (AvgIpc) is 2.46. The zero-order valence-electron chi connectivity index (χ0n) is 11.2. The van der Waals surface area contributed by atoms with Gasteiger partial charge in [-0.05, 0) is 26.2 Å². The number of likely N-dealkylation sites (N-methyl/N-ethyl adjacent to an activating group) is 1. The van der Waals surface area contributed by atoms with Gasteiger partial charge in [0.15, 0.2) is 0 Å². The van der Waals surface area contributed by atoms with Crippen LogP contribution in [0, 0.1) is 5.92 Å². The smallest absolute Gasteiger partial charge is 0.320 e. The van der Waals surface area contributed by atoms with Crippen molar-refractivity contribution in [2.45, 2.75) is 45.7 Å². The summed E-state index contributed by atoms with van der Waals surface area (Å²) in [7, 11) is 1.89. The molecule has 1 unspecified atom stereocenters. The van der Waals surface area contributed by atoms with Gasteiger partial charge in [0.25, 0.3) is 0 Å². The molecule has 1 fully saturated rings. The van der Waals surface area contributed by atoms with Crippen LogP contribution in [0.4, 0.5) is 4.79 Å². The second kappa shape index (κ2) is 4.62. The van der Waals surface area contributed by atoms with Crippen molar-refractivity contribution in [1.82, 2.24) is 9.80 Å². The van der Waals surface area contributed by atoms with Crippen LogP contribution in [0.15, 0.2) is 0 Å². The van der Waals surface area contributed by atoms with Gasteiger partial charge in [-0.15, -0.1) is 0 Å². The third-order valence-corrected chi connectivity index (χ3v) is 3.45. The summed E-state index contributed by atoms with van der Waals surface area (Å²) in [5, 5.41) is 0. The van der Waals surface area contributed by atoms with E-state index in [1.807, 2.05) is 30.7 Å². The Labute approximate surface area is 98.8 Å². The fraction of sp³-hybridized carbons (Fsp3) is 0.917. The molecule has 1 aliphatic heterocycles. The summed E-state index contributed by atoms with van der Waals surface area (Å²) < 4.78 is 0. The van der Waals surface area contributed by atoms with Crippen LogP contribution in [0.2, 0.25) is 0 Å². The molecule has 1 aliphatic rings. The second-order valence-electron chi connectivity index (χ2n) is 5.80. The van der Waals surface area contributed by atoms with Crippen molar-refractivity contribution < 1.29 is 4.79 Å². The molecular weight excluding hydrogens is 202 g/mol. The number of hydrogen-bond acceptors (Lipinski definition) is 2. The minimum Gasteiger partial charge on any atom is -0.328 e. The van der Waals surface area contributed by atoms with E-state index in [-0.39, 0.29) is 11.6 Å². The Morgan fingerprint density at radius 2 is 2.06 bits per heavy atom.